The van der Waals surface area contributed by atoms with Crippen LogP contribution >= 0.6 is 0 Å². The monoisotopic (exact) mass is 363 g/mol. The fourth-order valence-electron chi connectivity index (χ4n) is 6.74. The number of carboxylic acids is 1. The summed E-state index contributed by atoms with van der Waals surface area (Å²) in [4.78, 5) is 23.7. The van der Waals surface area contributed by atoms with Crippen molar-refractivity contribution in [1.29, 1.82) is 0 Å². The Morgan fingerprint density at radius 3 is 2.35 bits per heavy atom. The predicted octanol–water partition coefficient (Wildman–Crippen LogP) is 1.65. The van der Waals surface area contributed by atoms with E-state index in [1.165, 1.54) is 19.3 Å². The van der Waals surface area contributed by atoms with E-state index in [9.17, 15) is 9.59 Å². The van der Waals surface area contributed by atoms with Crippen molar-refractivity contribution in [3.05, 3.63) is 0 Å². The van der Waals surface area contributed by atoms with E-state index in [1.807, 2.05) is 0 Å². The Balaban J connectivity index is 1.36. The summed E-state index contributed by atoms with van der Waals surface area (Å²) in [5.41, 5.74) is -0.175. The molecule has 0 aromatic carbocycles. The molecule has 6 heteroatoms. The second-order valence-corrected chi connectivity index (χ2v) is 9.55. The zero-order valence-corrected chi connectivity index (χ0v) is 15.7. The number of hydrogen-bond donors (Lipinski definition) is 4. The summed E-state index contributed by atoms with van der Waals surface area (Å²) in [6, 6.07) is 0. The SMILES string of the molecule is O=C(O)CNC12C[C@H]3C[C@@H](C1)CC(NC(=O)CCC1CCNCC1)(C3)C2. The van der Waals surface area contributed by atoms with Crippen molar-refractivity contribution in [2.24, 2.45) is 17.8 Å². The summed E-state index contributed by atoms with van der Waals surface area (Å²) >= 11 is 0. The normalized spacial score (nSPS) is 39.1. The number of aliphatic carboxylic acids is 1. The van der Waals surface area contributed by atoms with Crippen LogP contribution in [0.3, 0.4) is 0 Å². The minimum absolute atomic E-state index is 0.0270. The van der Waals surface area contributed by atoms with E-state index in [1.54, 1.807) is 0 Å². The highest BCUT2D eigenvalue weighted by atomic mass is 16.4. The third kappa shape index (κ3) is 3.91. The first-order valence-electron chi connectivity index (χ1n) is 10.4. The molecule has 0 spiro atoms. The predicted molar refractivity (Wildman–Crippen MR) is 98.8 cm³/mol. The maximum atomic E-state index is 12.7. The quantitative estimate of drug-likeness (QED) is 0.552. The fourth-order valence-corrected chi connectivity index (χ4v) is 6.74. The first-order chi connectivity index (χ1) is 12.5. The average molecular weight is 364 g/mol. The lowest BCUT2D eigenvalue weighted by molar-refractivity contribution is -0.138. The van der Waals surface area contributed by atoms with Gasteiger partial charge in [-0.25, -0.2) is 0 Å². The second-order valence-electron chi connectivity index (χ2n) is 9.55. The molecule has 0 aromatic heterocycles. The summed E-state index contributed by atoms with van der Waals surface area (Å²) in [5, 5.41) is 19.2. The maximum Gasteiger partial charge on any atom is 0.317 e. The Labute approximate surface area is 155 Å². The van der Waals surface area contributed by atoms with Crippen molar-refractivity contribution in [3.8, 4) is 0 Å². The second kappa shape index (κ2) is 7.12. The molecule has 0 radical (unpaired) electrons. The molecule has 26 heavy (non-hydrogen) atoms. The molecule has 146 valence electrons. The Kier molecular flexibility index (Phi) is 4.99. The number of hydrogen-bond acceptors (Lipinski definition) is 4. The van der Waals surface area contributed by atoms with Crippen LogP contribution in [0.2, 0.25) is 0 Å². The molecule has 1 heterocycles. The van der Waals surface area contributed by atoms with Gasteiger partial charge in [-0.15, -0.1) is 0 Å². The number of rotatable bonds is 7. The molecule has 2 unspecified atom stereocenters. The van der Waals surface area contributed by atoms with Gasteiger partial charge in [0.2, 0.25) is 5.91 Å². The van der Waals surface area contributed by atoms with Gasteiger partial charge < -0.3 is 21.1 Å². The summed E-state index contributed by atoms with van der Waals surface area (Å²) < 4.78 is 0. The van der Waals surface area contributed by atoms with Crippen LogP contribution in [0.4, 0.5) is 0 Å². The number of carbonyl (C=O) groups is 2. The van der Waals surface area contributed by atoms with Gasteiger partial charge in [0.1, 0.15) is 0 Å². The summed E-state index contributed by atoms with van der Waals surface area (Å²) in [7, 11) is 0. The van der Waals surface area contributed by atoms with Gasteiger partial charge >= 0.3 is 5.97 Å². The van der Waals surface area contributed by atoms with E-state index < -0.39 is 5.97 Å². The lowest BCUT2D eigenvalue weighted by Crippen LogP contribution is -2.69. The van der Waals surface area contributed by atoms with Crippen LogP contribution in [0.15, 0.2) is 0 Å². The smallest absolute Gasteiger partial charge is 0.317 e. The van der Waals surface area contributed by atoms with Crippen LogP contribution in [0.25, 0.3) is 0 Å². The highest BCUT2D eigenvalue weighted by Gasteiger charge is 2.58. The van der Waals surface area contributed by atoms with Crippen molar-refractivity contribution in [2.75, 3.05) is 19.6 Å². The number of carboxylic acid groups (broad SMARTS) is 1. The van der Waals surface area contributed by atoms with Crippen LogP contribution in [-0.2, 0) is 9.59 Å². The summed E-state index contributed by atoms with van der Waals surface area (Å²) in [5.74, 6) is 1.35. The van der Waals surface area contributed by atoms with E-state index in [4.69, 9.17) is 5.11 Å². The van der Waals surface area contributed by atoms with Gasteiger partial charge in [0.05, 0.1) is 6.54 Å². The summed E-state index contributed by atoms with van der Waals surface area (Å²) in [6.07, 6.45) is 10.5. The average Bonchev–Trinajstić information content (AvgIpc) is 2.58. The van der Waals surface area contributed by atoms with Crippen molar-refractivity contribution in [2.45, 2.75) is 75.3 Å². The fraction of sp³-hybridized carbons (Fsp3) is 0.900. The largest absolute Gasteiger partial charge is 0.480 e. The third-order valence-electron chi connectivity index (χ3n) is 7.32. The molecule has 1 aliphatic heterocycles. The van der Waals surface area contributed by atoms with Crippen LogP contribution < -0.4 is 16.0 Å². The van der Waals surface area contributed by atoms with Gasteiger partial charge in [-0.05, 0) is 88.6 Å². The molecule has 4 atom stereocenters. The van der Waals surface area contributed by atoms with Gasteiger partial charge in [0.15, 0.2) is 0 Å². The molecule has 0 aromatic rings. The van der Waals surface area contributed by atoms with Crippen LogP contribution in [-0.4, -0.2) is 47.7 Å². The van der Waals surface area contributed by atoms with Crippen molar-refractivity contribution in [1.82, 2.24) is 16.0 Å². The Hall–Kier alpha value is -1.14. The van der Waals surface area contributed by atoms with Gasteiger partial charge in [-0.2, -0.15) is 0 Å². The zero-order chi connectivity index (χ0) is 18.2. The Morgan fingerprint density at radius 1 is 1.04 bits per heavy atom. The lowest BCUT2D eigenvalue weighted by atomic mass is 9.50. The number of nitrogens with one attached hydrogen (secondary N) is 3. The minimum atomic E-state index is -0.791. The van der Waals surface area contributed by atoms with Crippen molar-refractivity contribution < 1.29 is 14.7 Å². The highest BCUT2D eigenvalue weighted by molar-refractivity contribution is 5.77. The first-order valence-corrected chi connectivity index (χ1v) is 10.4. The molecule has 5 aliphatic rings. The van der Waals surface area contributed by atoms with E-state index in [0.29, 0.717) is 24.2 Å². The third-order valence-corrected chi connectivity index (χ3v) is 7.32. The minimum Gasteiger partial charge on any atom is -0.480 e. The van der Waals surface area contributed by atoms with E-state index >= 15 is 0 Å². The molecule has 6 nitrogen and oxygen atoms in total. The topological polar surface area (TPSA) is 90.5 Å². The molecule has 4 N–H and O–H groups in total. The maximum absolute atomic E-state index is 12.7. The molecule has 4 aliphatic carbocycles. The summed E-state index contributed by atoms with van der Waals surface area (Å²) in [6.45, 7) is 2.19. The van der Waals surface area contributed by atoms with Gasteiger partial charge in [-0.3, -0.25) is 9.59 Å². The molecule has 1 amide bonds. The van der Waals surface area contributed by atoms with E-state index in [-0.39, 0.29) is 23.5 Å². The number of carbonyl (C=O) groups excluding carboxylic acids is 1. The van der Waals surface area contributed by atoms with Crippen molar-refractivity contribution >= 4 is 11.9 Å². The molecule has 5 rings (SSSR count). The molecule has 1 saturated heterocycles. The molecule has 4 saturated carbocycles. The lowest BCUT2D eigenvalue weighted by Gasteiger charge is -2.62. The van der Waals surface area contributed by atoms with Gasteiger partial charge in [-0.1, -0.05) is 0 Å². The molecule has 4 bridgehead atoms. The standard InChI is InChI=1S/C20H33N3O3/c24-17(2-1-14-3-5-21-6-4-14)23-20-10-15-7-16(11-20)9-19(8-15,13-20)22-12-18(25)26/h14-16,21-22H,1-13H2,(H,23,24)(H,25,26)/t15-,16+,19?,20?. The van der Waals surface area contributed by atoms with E-state index in [0.717, 1.165) is 51.6 Å². The first kappa shape index (κ1) is 18.2. The van der Waals surface area contributed by atoms with Crippen molar-refractivity contribution in [3.63, 3.8) is 0 Å². The highest BCUT2D eigenvalue weighted by Crippen LogP contribution is 2.57. The number of piperidine rings is 1. The Morgan fingerprint density at radius 2 is 1.69 bits per heavy atom. The van der Waals surface area contributed by atoms with E-state index in [2.05, 4.69) is 16.0 Å². The molecular weight excluding hydrogens is 330 g/mol. The van der Waals surface area contributed by atoms with Gasteiger partial charge in [0, 0.05) is 17.5 Å². The van der Waals surface area contributed by atoms with Crippen LogP contribution in [0.5, 0.6) is 0 Å². The van der Waals surface area contributed by atoms with Crippen LogP contribution in [0.1, 0.15) is 64.2 Å². The zero-order valence-electron chi connectivity index (χ0n) is 15.7. The van der Waals surface area contributed by atoms with Crippen LogP contribution in [0, 0.1) is 17.8 Å². The Bertz CT molecular complexity index is 545. The molecular formula is C20H33N3O3. The van der Waals surface area contributed by atoms with Gasteiger partial charge in [0.25, 0.3) is 0 Å². The number of amides is 1. The molecule has 5 fully saturated rings.